The Morgan fingerprint density at radius 3 is 3.12 bits per heavy atom. The molecule has 6 nitrogen and oxygen atoms in total. The van der Waals surface area contributed by atoms with Crippen molar-refractivity contribution in [2.75, 3.05) is 26.0 Å². The predicted molar refractivity (Wildman–Crippen MR) is 91.3 cm³/mol. The second kappa shape index (κ2) is 7.70. The zero-order valence-corrected chi connectivity index (χ0v) is 14.7. The maximum atomic E-state index is 12.5. The minimum Gasteiger partial charge on any atom is -0.497 e. The summed E-state index contributed by atoms with van der Waals surface area (Å²) >= 11 is 1.53. The van der Waals surface area contributed by atoms with Gasteiger partial charge in [-0.05, 0) is 38.0 Å². The average molecular weight is 347 g/mol. The first-order valence-corrected chi connectivity index (χ1v) is 8.99. The summed E-state index contributed by atoms with van der Waals surface area (Å²) in [6, 6.07) is 7.76. The van der Waals surface area contributed by atoms with Crippen LogP contribution in [0.3, 0.4) is 0 Å². The van der Waals surface area contributed by atoms with Crippen LogP contribution >= 0.6 is 11.8 Å². The maximum Gasteiger partial charge on any atom is 0.232 e. The van der Waals surface area contributed by atoms with Crippen LogP contribution in [0.1, 0.15) is 30.5 Å². The number of nitrogens with zero attached hydrogens (tertiary/aromatic N) is 3. The van der Waals surface area contributed by atoms with Crippen LogP contribution < -0.4 is 4.74 Å². The monoisotopic (exact) mass is 347 g/mol. The molecule has 7 heteroatoms. The first kappa shape index (κ1) is 16.8. The van der Waals surface area contributed by atoms with Crippen LogP contribution in [0.4, 0.5) is 0 Å². The van der Waals surface area contributed by atoms with Gasteiger partial charge in [0.1, 0.15) is 5.75 Å². The van der Waals surface area contributed by atoms with Gasteiger partial charge in [-0.25, -0.2) is 0 Å². The summed E-state index contributed by atoms with van der Waals surface area (Å²) in [5.74, 6) is 2.79. The second-order valence-corrected chi connectivity index (χ2v) is 6.88. The first-order chi connectivity index (χ1) is 11.7. The van der Waals surface area contributed by atoms with E-state index in [4.69, 9.17) is 9.26 Å². The van der Waals surface area contributed by atoms with E-state index in [9.17, 15) is 4.79 Å². The summed E-state index contributed by atoms with van der Waals surface area (Å²) in [6.45, 7) is 3.25. The molecule has 0 saturated carbocycles. The van der Waals surface area contributed by atoms with Crippen molar-refractivity contribution < 1.29 is 14.1 Å². The topological polar surface area (TPSA) is 68.5 Å². The SMILES string of the molecule is COc1cccc(SCC(=O)N2CCCC(c3nc(C)no3)C2)c1. The van der Waals surface area contributed by atoms with Crippen LogP contribution in [0.15, 0.2) is 33.7 Å². The Kier molecular flexibility index (Phi) is 5.40. The number of thioether (sulfide) groups is 1. The van der Waals surface area contributed by atoms with Crippen molar-refractivity contribution in [1.29, 1.82) is 0 Å². The van der Waals surface area contributed by atoms with E-state index in [1.807, 2.05) is 36.1 Å². The molecule has 1 unspecified atom stereocenters. The summed E-state index contributed by atoms with van der Waals surface area (Å²) < 4.78 is 10.5. The number of hydrogen-bond acceptors (Lipinski definition) is 6. The third-order valence-electron chi connectivity index (χ3n) is 4.07. The molecule has 1 aromatic heterocycles. The zero-order chi connectivity index (χ0) is 16.9. The highest BCUT2D eigenvalue weighted by molar-refractivity contribution is 8.00. The summed E-state index contributed by atoms with van der Waals surface area (Å²) in [7, 11) is 1.64. The van der Waals surface area contributed by atoms with Crippen molar-refractivity contribution >= 4 is 17.7 Å². The number of aryl methyl sites for hydroxylation is 1. The van der Waals surface area contributed by atoms with Crippen molar-refractivity contribution in [2.24, 2.45) is 0 Å². The molecule has 0 N–H and O–H groups in total. The lowest BCUT2D eigenvalue weighted by atomic mass is 9.98. The number of carbonyl (C=O) groups is 1. The number of benzene rings is 1. The number of ether oxygens (including phenoxy) is 1. The Morgan fingerprint density at radius 1 is 1.50 bits per heavy atom. The van der Waals surface area contributed by atoms with Crippen LogP contribution in [0, 0.1) is 6.92 Å². The molecule has 0 spiro atoms. The molecule has 128 valence electrons. The van der Waals surface area contributed by atoms with Gasteiger partial charge in [-0.1, -0.05) is 11.2 Å². The highest BCUT2D eigenvalue weighted by atomic mass is 32.2. The maximum absolute atomic E-state index is 12.5. The van der Waals surface area contributed by atoms with E-state index in [1.165, 1.54) is 11.8 Å². The first-order valence-electron chi connectivity index (χ1n) is 8.00. The van der Waals surface area contributed by atoms with Gasteiger partial charge < -0.3 is 14.2 Å². The minimum atomic E-state index is 0.142. The van der Waals surface area contributed by atoms with Gasteiger partial charge >= 0.3 is 0 Å². The van der Waals surface area contributed by atoms with Gasteiger partial charge in [0.25, 0.3) is 0 Å². The van der Waals surface area contributed by atoms with Crippen LogP contribution in [-0.4, -0.2) is 46.9 Å². The summed E-state index contributed by atoms with van der Waals surface area (Å²) in [6.07, 6.45) is 1.94. The molecule has 1 aliphatic rings. The van der Waals surface area contributed by atoms with Gasteiger partial charge in [0.2, 0.25) is 11.8 Å². The second-order valence-electron chi connectivity index (χ2n) is 5.83. The molecule has 2 aromatic rings. The van der Waals surface area contributed by atoms with Gasteiger partial charge in [-0.15, -0.1) is 11.8 Å². The van der Waals surface area contributed by atoms with Gasteiger partial charge in [0, 0.05) is 18.0 Å². The molecule has 24 heavy (non-hydrogen) atoms. The van der Waals surface area contributed by atoms with Crippen molar-refractivity contribution in [3.8, 4) is 5.75 Å². The van der Waals surface area contributed by atoms with E-state index in [0.717, 1.165) is 30.0 Å². The lowest BCUT2D eigenvalue weighted by Gasteiger charge is -2.31. The van der Waals surface area contributed by atoms with E-state index in [2.05, 4.69) is 10.1 Å². The average Bonchev–Trinajstić information content (AvgIpc) is 3.06. The Balaban J connectivity index is 1.56. The normalized spacial score (nSPS) is 17.8. The van der Waals surface area contributed by atoms with Gasteiger partial charge in [0.05, 0.1) is 18.8 Å². The third kappa shape index (κ3) is 4.08. The van der Waals surface area contributed by atoms with Gasteiger partial charge in [-0.2, -0.15) is 4.98 Å². The predicted octanol–water partition coefficient (Wildman–Crippen LogP) is 2.88. The summed E-state index contributed by atoms with van der Waals surface area (Å²) in [5.41, 5.74) is 0. The lowest BCUT2D eigenvalue weighted by molar-refractivity contribution is -0.129. The lowest BCUT2D eigenvalue weighted by Crippen LogP contribution is -2.40. The number of hydrogen-bond donors (Lipinski definition) is 0. The highest BCUT2D eigenvalue weighted by Crippen LogP contribution is 2.27. The number of rotatable bonds is 5. The van der Waals surface area contributed by atoms with Crippen LogP contribution in [0.2, 0.25) is 0 Å². The highest BCUT2D eigenvalue weighted by Gasteiger charge is 2.28. The third-order valence-corrected chi connectivity index (χ3v) is 5.05. The Morgan fingerprint density at radius 2 is 2.38 bits per heavy atom. The fourth-order valence-electron chi connectivity index (χ4n) is 2.81. The summed E-state index contributed by atoms with van der Waals surface area (Å²) in [4.78, 5) is 19.8. The molecule has 1 aromatic carbocycles. The molecule has 0 aliphatic carbocycles. The molecule has 1 fully saturated rings. The van der Waals surface area contributed by atoms with Gasteiger partial charge in [-0.3, -0.25) is 4.79 Å². The van der Waals surface area contributed by atoms with Crippen molar-refractivity contribution in [1.82, 2.24) is 15.0 Å². The fraction of sp³-hybridized carbons (Fsp3) is 0.471. The molecule has 1 aliphatic heterocycles. The Labute approximate surface area is 145 Å². The van der Waals surface area contributed by atoms with Crippen molar-refractivity contribution in [3.05, 3.63) is 36.0 Å². The van der Waals surface area contributed by atoms with E-state index in [-0.39, 0.29) is 11.8 Å². The minimum absolute atomic E-state index is 0.142. The molecule has 1 amide bonds. The standard InChI is InChI=1S/C17H21N3O3S/c1-12-18-17(23-19-12)13-5-4-8-20(10-13)16(21)11-24-15-7-3-6-14(9-15)22-2/h3,6-7,9,13H,4-5,8,10-11H2,1-2H3. The number of aromatic nitrogens is 2. The van der Waals surface area contributed by atoms with Crippen LogP contribution in [0.25, 0.3) is 0 Å². The summed E-state index contributed by atoms with van der Waals surface area (Å²) in [5, 5.41) is 3.85. The van der Waals surface area contributed by atoms with E-state index in [0.29, 0.717) is 24.0 Å². The smallest absolute Gasteiger partial charge is 0.232 e. The number of piperidine rings is 1. The molecule has 2 heterocycles. The number of methoxy groups -OCH3 is 1. The number of carbonyl (C=O) groups excluding carboxylic acids is 1. The van der Waals surface area contributed by atoms with E-state index in [1.54, 1.807) is 7.11 Å². The molecule has 0 bridgehead atoms. The fourth-order valence-corrected chi connectivity index (χ4v) is 3.66. The molecular formula is C17H21N3O3S. The van der Waals surface area contributed by atoms with Crippen LogP contribution in [-0.2, 0) is 4.79 Å². The van der Waals surface area contributed by atoms with Gasteiger partial charge in [0.15, 0.2) is 5.82 Å². The zero-order valence-electron chi connectivity index (χ0n) is 13.9. The largest absolute Gasteiger partial charge is 0.497 e. The van der Waals surface area contributed by atoms with Crippen LogP contribution in [0.5, 0.6) is 5.75 Å². The Bertz CT molecular complexity index is 704. The van der Waals surface area contributed by atoms with Crippen molar-refractivity contribution in [3.63, 3.8) is 0 Å². The molecule has 3 rings (SSSR count). The number of amides is 1. The quantitative estimate of drug-likeness (QED) is 0.775. The number of likely N-dealkylation sites (tertiary alicyclic amines) is 1. The Hall–Kier alpha value is -2.02. The van der Waals surface area contributed by atoms with Crippen molar-refractivity contribution in [2.45, 2.75) is 30.6 Å². The molecule has 1 saturated heterocycles. The molecule has 0 radical (unpaired) electrons. The molecule has 1 atom stereocenters. The van der Waals surface area contributed by atoms with E-state index < -0.39 is 0 Å². The molecular weight excluding hydrogens is 326 g/mol. The van der Waals surface area contributed by atoms with E-state index >= 15 is 0 Å².